The van der Waals surface area contributed by atoms with Gasteiger partial charge in [0.15, 0.2) is 0 Å². The minimum Gasteiger partial charge on any atom is -0.395 e. The number of amides is 2. The normalized spacial score (nSPS) is 10.4. The summed E-state index contributed by atoms with van der Waals surface area (Å²) in [5, 5.41) is 21.5. The van der Waals surface area contributed by atoms with Crippen LogP contribution in [0.15, 0.2) is 30.3 Å². The van der Waals surface area contributed by atoms with Gasteiger partial charge in [-0.2, -0.15) is 0 Å². The molecule has 2 amide bonds. The fourth-order valence-corrected chi connectivity index (χ4v) is 2.59. The molecule has 7 heteroatoms. The first-order valence-corrected chi connectivity index (χ1v) is 7.57. The van der Waals surface area contributed by atoms with Gasteiger partial charge in [-0.05, 0) is 6.92 Å². The summed E-state index contributed by atoms with van der Waals surface area (Å²) in [5.74, 6) is 0. The predicted octanol–water partition coefficient (Wildman–Crippen LogP) is 1.73. The van der Waals surface area contributed by atoms with Crippen molar-refractivity contribution in [2.75, 3.05) is 19.7 Å². The highest BCUT2D eigenvalue weighted by Crippen LogP contribution is 2.22. The van der Waals surface area contributed by atoms with Crippen molar-refractivity contribution in [3.05, 3.63) is 35.3 Å². The molecule has 0 aliphatic carbocycles. The van der Waals surface area contributed by atoms with E-state index >= 15 is 0 Å². The fourth-order valence-electron chi connectivity index (χ4n) is 1.81. The highest BCUT2D eigenvalue weighted by Gasteiger charge is 2.12. The zero-order valence-corrected chi connectivity index (χ0v) is 12.6. The molecule has 1 aromatic heterocycles. The smallest absolute Gasteiger partial charge is 0.317 e. The Kier molecular flexibility index (Phi) is 5.65. The van der Waals surface area contributed by atoms with Crippen LogP contribution in [-0.2, 0) is 6.54 Å². The van der Waals surface area contributed by atoms with Crippen molar-refractivity contribution in [1.82, 2.24) is 20.4 Å². The fraction of sp³-hybridized carbons (Fsp3) is 0.357. The third kappa shape index (κ3) is 4.24. The molecule has 21 heavy (non-hydrogen) atoms. The van der Waals surface area contributed by atoms with E-state index in [0.717, 1.165) is 15.6 Å². The topological polar surface area (TPSA) is 78.4 Å². The molecule has 0 fully saturated rings. The van der Waals surface area contributed by atoms with Gasteiger partial charge in [-0.1, -0.05) is 41.7 Å². The zero-order chi connectivity index (χ0) is 15.1. The van der Waals surface area contributed by atoms with E-state index in [0.29, 0.717) is 19.6 Å². The van der Waals surface area contributed by atoms with E-state index in [1.54, 1.807) is 4.90 Å². The number of aliphatic hydroxyl groups is 1. The van der Waals surface area contributed by atoms with Crippen LogP contribution in [-0.4, -0.2) is 45.9 Å². The molecular formula is C14H18N4O2S. The molecule has 1 heterocycles. The minimum absolute atomic E-state index is 0.0434. The first-order chi connectivity index (χ1) is 10.2. The molecule has 0 saturated heterocycles. The van der Waals surface area contributed by atoms with Gasteiger partial charge in [0, 0.05) is 18.7 Å². The Morgan fingerprint density at radius 3 is 2.76 bits per heavy atom. The number of hydrogen-bond donors (Lipinski definition) is 2. The number of nitrogens with zero attached hydrogens (tertiary/aromatic N) is 3. The summed E-state index contributed by atoms with van der Waals surface area (Å²) in [6.07, 6.45) is 0. The number of hydrogen-bond acceptors (Lipinski definition) is 5. The van der Waals surface area contributed by atoms with Crippen molar-refractivity contribution in [2.45, 2.75) is 13.5 Å². The van der Waals surface area contributed by atoms with Crippen molar-refractivity contribution in [3.63, 3.8) is 0 Å². The SMILES string of the molecule is CCN(CCO)C(=O)NCc1nnc(-c2ccccc2)s1. The van der Waals surface area contributed by atoms with Crippen molar-refractivity contribution in [1.29, 1.82) is 0 Å². The van der Waals surface area contributed by atoms with Crippen LogP contribution in [0, 0.1) is 0 Å². The number of aromatic nitrogens is 2. The summed E-state index contributed by atoms with van der Waals surface area (Å²) in [4.78, 5) is 13.4. The monoisotopic (exact) mass is 306 g/mol. The lowest BCUT2D eigenvalue weighted by atomic mass is 10.2. The van der Waals surface area contributed by atoms with Crippen LogP contribution in [0.1, 0.15) is 11.9 Å². The van der Waals surface area contributed by atoms with Gasteiger partial charge in [0.25, 0.3) is 0 Å². The highest BCUT2D eigenvalue weighted by atomic mass is 32.1. The molecule has 0 unspecified atom stereocenters. The summed E-state index contributed by atoms with van der Waals surface area (Å²) >= 11 is 1.46. The molecule has 0 bridgehead atoms. The van der Waals surface area contributed by atoms with Crippen LogP contribution in [0.3, 0.4) is 0 Å². The zero-order valence-electron chi connectivity index (χ0n) is 11.8. The number of likely N-dealkylation sites (N-methyl/N-ethyl adjacent to an activating group) is 1. The molecule has 0 aliphatic rings. The molecule has 1 aromatic carbocycles. The molecule has 112 valence electrons. The number of benzene rings is 1. The molecule has 0 aliphatic heterocycles. The Morgan fingerprint density at radius 2 is 2.10 bits per heavy atom. The second-order valence-corrected chi connectivity index (χ2v) is 5.39. The Balaban J connectivity index is 1.93. The average Bonchev–Trinajstić information content (AvgIpc) is 3.00. The van der Waals surface area contributed by atoms with Gasteiger partial charge in [0.1, 0.15) is 10.0 Å². The number of carbonyl (C=O) groups is 1. The highest BCUT2D eigenvalue weighted by molar-refractivity contribution is 7.14. The quantitative estimate of drug-likeness (QED) is 0.852. The minimum atomic E-state index is -0.206. The van der Waals surface area contributed by atoms with Crippen molar-refractivity contribution in [3.8, 4) is 10.6 Å². The van der Waals surface area contributed by atoms with Gasteiger partial charge in [-0.15, -0.1) is 10.2 Å². The number of nitrogens with one attached hydrogen (secondary N) is 1. The largest absolute Gasteiger partial charge is 0.395 e. The number of urea groups is 1. The summed E-state index contributed by atoms with van der Waals surface area (Å²) in [6.45, 7) is 3.04. The molecule has 0 saturated carbocycles. The maximum atomic E-state index is 11.9. The maximum absolute atomic E-state index is 11.9. The second kappa shape index (κ2) is 7.70. The van der Waals surface area contributed by atoms with Crippen LogP contribution in [0.2, 0.25) is 0 Å². The van der Waals surface area contributed by atoms with Crippen LogP contribution in [0.25, 0.3) is 10.6 Å². The lowest BCUT2D eigenvalue weighted by molar-refractivity contribution is 0.180. The first-order valence-electron chi connectivity index (χ1n) is 6.76. The lowest BCUT2D eigenvalue weighted by Crippen LogP contribution is -2.41. The van der Waals surface area contributed by atoms with Gasteiger partial charge in [-0.25, -0.2) is 4.79 Å². The van der Waals surface area contributed by atoms with Crippen LogP contribution in [0.5, 0.6) is 0 Å². The molecule has 0 spiro atoms. The summed E-state index contributed by atoms with van der Waals surface area (Å²) in [6, 6.07) is 9.60. The van der Waals surface area contributed by atoms with E-state index in [4.69, 9.17) is 5.11 Å². The predicted molar refractivity (Wildman–Crippen MR) is 81.9 cm³/mol. The van der Waals surface area contributed by atoms with E-state index in [1.807, 2.05) is 37.3 Å². The van der Waals surface area contributed by atoms with E-state index in [1.165, 1.54) is 11.3 Å². The molecular weight excluding hydrogens is 288 g/mol. The van der Waals surface area contributed by atoms with Crippen LogP contribution < -0.4 is 5.32 Å². The summed E-state index contributed by atoms with van der Waals surface area (Å²) in [5.41, 5.74) is 1.02. The number of rotatable bonds is 6. The van der Waals surface area contributed by atoms with Gasteiger partial charge < -0.3 is 15.3 Å². The average molecular weight is 306 g/mol. The third-order valence-electron chi connectivity index (χ3n) is 2.92. The molecule has 0 radical (unpaired) electrons. The molecule has 2 N–H and O–H groups in total. The van der Waals surface area contributed by atoms with Crippen molar-refractivity contribution in [2.24, 2.45) is 0 Å². The maximum Gasteiger partial charge on any atom is 0.317 e. The lowest BCUT2D eigenvalue weighted by Gasteiger charge is -2.19. The standard InChI is InChI=1S/C14H18N4O2S/c1-2-18(8-9-19)14(20)15-10-12-16-17-13(21-12)11-6-4-3-5-7-11/h3-7,19H,2,8-10H2,1H3,(H,15,20). The Labute approximate surface area is 127 Å². The van der Waals surface area contributed by atoms with Crippen molar-refractivity contribution < 1.29 is 9.90 Å². The Morgan fingerprint density at radius 1 is 1.33 bits per heavy atom. The summed E-state index contributed by atoms with van der Waals surface area (Å²) in [7, 11) is 0. The number of aliphatic hydroxyl groups excluding tert-OH is 1. The Bertz CT molecular complexity index is 573. The van der Waals surface area contributed by atoms with Crippen LogP contribution in [0.4, 0.5) is 4.79 Å². The molecule has 6 nitrogen and oxygen atoms in total. The van der Waals surface area contributed by atoms with E-state index in [9.17, 15) is 4.79 Å². The Hall–Kier alpha value is -1.99. The van der Waals surface area contributed by atoms with E-state index < -0.39 is 0 Å². The van der Waals surface area contributed by atoms with E-state index in [-0.39, 0.29) is 12.6 Å². The second-order valence-electron chi connectivity index (χ2n) is 4.33. The molecule has 2 aromatic rings. The van der Waals surface area contributed by atoms with Crippen molar-refractivity contribution >= 4 is 17.4 Å². The molecule has 2 rings (SSSR count). The van der Waals surface area contributed by atoms with Gasteiger partial charge in [-0.3, -0.25) is 0 Å². The van der Waals surface area contributed by atoms with Gasteiger partial charge >= 0.3 is 6.03 Å². The van der Waals surface area contributed by atoms with E-state index in [2.05, 4.69) is 15.5 Å². The molecule has 0 atom stereocenters. The first kappa shape index (κ1) is 15.4. The van der Waals surface area contributed by atoms with Gasteiger partial charge in [0.05, 0.1) is 13.2 Å². The third-order valence-corrected chi connectivity index (χ3v) is 3.89. The van der Waals surface area contributed by atoms with Gasteiger partial charge in [0.2, 0.25) is 0 Å². The summed E-state index contributed by atoms with van der Waals surface area (Å²) < 4.78 is 0. The number of carbonyl (C=O) groups excluding carboxylic acids is 1. The van der Waals surface area contributed by atoms with Crippen LogP contribution >= 0.6 is 11.3 Å².